The van der Waals surface area contributed by atoms with E-state index < -0.39 is 11.7 Å². The Bertz CT molecular complexity index is 376. The average molecular weight is 304 g/mol. The third-order valence-electron chi connectivity index (χ3n) is 2.27. The Morgan fingerprint density at radius 3 is 2.88 bits per heavy atom. The summed E-state index contributed by atoms with van der Waals surface area (Å²) in [6.45, 7) is 2.11. The molecule has 1 unspecified atom stereocenters. The number of carbonyl (C=O) groups excluding carboxylic acids is 1. The standard InChI is InChI=1S/C12H15BrFNO2/c1-8(16)4-3-7-15-12(17)11-9(13)5-2-6-10(11)14/h2,5-6,8,16H,3-4,7H2,1H3,(H,15,17). The van der Waals surface area contributed by atoms with Gasteiger partial charge in [-0.1, -0.05) is 6.07 Å². The molecule has 1 aromatic carbocycles. The third-order valence-corrected chi connectivity index (χ3v) is 2.93. The second-order valence-electron chi connectivity index (χ2n) is 3.84. The molecule has 0 radical (unpaired) electrons. The number of hydrogen-bond acceptors (Lipinski definition) is 2. The van der Waals surface area contributed by atoms with Crippen molar-refractivity contribution < 1.29 is 14.3 Å². The van der Waals surface area contributed by atoms with Crippen molar-refractivity contribution in [3.8, 4) is 0 Å². The van der Waals surface area contributed by atoms with Crippen LogP contribution in [0.3, 0.4) is 0 Å². The van der Waals surface area contributed by atoms with Crippen molar-refractivity contribution in [2.75, 3.05) is 6.54 Å². The molecule has 94 valence electrons. The Kier molecular flexibility index (Phi) is 5.58. The molecule has 0 aliphatic carbocycles. The molecule has 3 nitrogen and oxygen atoms in total. The van der Waals surface area contributed by atoms with Crippen LogP contribution in [0.15, 0.2) is 22.7 Å². The fourth-order valence-electron chi connectivity index (χ4n) is 1.40. The Morgan fingerprint density at radius 1 is 1.59 bits per heavy atom. The summed E-state index contributed by atoms with van der Waals surface area (Å²) in [4.78, 5) is 11.7. The molecule has 0 bridgehead atoms. The lowest BCUT2D eigenvalue weighted by Crippen LogP contribution is -2.26. The van der Waals surface area contributed by atoms with E-state index in [0.29, 0.717) is 23.9 Å². The lowest BCUT2D eigenvalue weighted by molar-refractivity contribution is 0.0945. The SMILES string of the molecule is CC(O)CCCNC(=O)c1c(F)cccc1Br. The molecule has 0 saturated carbocycles. The first-order valence-electron chi connectivity index (χ1n) is 5.42. The first-order valence-corrected chi connectivity index (χ1v) is 6.22. The van der Waals surface area contributed by atoms with Crippen LogP contribution in [0.1, 0.15) is 30.1 Å². The highest BCUT2D eigenvalue weighted by Gasteiger charge is 2.14. The summed E-state index contributed by atoms with van der Waals surface area (Å²) < 4.78 is 13.8. The lowest BCUT2D eigenvalue weighted by atomic mass is 10.2. The van der Waals surface area contributed by atoms with Crippen LogP contribution in [0.2, 0.25) is 0 Å². The molecule has 0 heterocycles. The Hall–Kier alpha value is -0.940. The number of rotatable bonds is 5. The number of aliphatic hydroxyl groups excluding tert-OH is 1. The number of halogens is 2. The highest BCUT2D eigenvalue weighted by molar-refractivity contribution is 9.10. The number of amides is 1. The summed E-state index contributed by atoms with van der Waals surface area (Å²) in [7, 11) is 0. The first kappa shape index (κ1) is 14.1. The van der Waals surface area contributed by atoms with Gasteiger partial charge in [0.25, 0.3) is 5.91 Å². The van der Waals surface area contributed by atoms with Gasteiger partial charge in [-0.15, -0.1) is 0 Å². The zero-order valence-electron chi connectivity index (χ0n) is 9.54. The predicted molar refractivity (Wildman–Crippen MR) is 67.3 cm³/mol. The first-order chi connectivity index (χ1) is 8.02. The topological polar surface area (TPSA) is 49.3 Å². The molecule has 0 aromatic heterocycles. The second kappa shape index (κ2) is 6.71. The molecule has 1 rings (SSSR count). The van der Waals surface area contributed by atoms with E-state index >= 15 is 0 Å². The van der Waals surface area contributed by atoms with Crippen molar-refractivity contribution >= 4 is 21.8 Å². The molecule has 0 aliphatic heterocycles. The molecule has 0 fully saturated rings. The van der Waals surface area contributed by atoms with Crippen LogP contribution in [-0.4, -0.2) is 23.7 Å². The van der Waals surface area contributed by atoms with Crippen molar-refractivity contribution in [2.24, 2.45) is 0 Å². The largest absolute Gasteiger partial charge is 0.393 e. The van der Waals surface area contributed by atoms with Crippen LogP contribution in [0, 0.1) is 5.82 Å². The summed E-state index contributed by atoms with van der Waals surface area (Å²) >= 11 is 3.14. The van der Waals surface area contributed by atoms with Crippen molar-refractivity contribution in [1.29, 1.82) is 0 Å². The number of nitrogens with one attached hydrogen (secondary N) is 1. The van der Waals surface area contributed by atoms with Crippen LogP contribution >= 0.6 is 15.9 Å². The van der Waals surface area contributed by atoms with Gasteiger partial charge in [-0.05, 0) is 47.8 Å². The van der Waals surface area contributed by atoms with E-state index in [0.717, 1.165) is 0 Å². The highest BCUT2D eigenvalue weighted by atomic mass is 79.9. The highest BCUT2D eigenvalue weighted by Crippen LogP contribution is 2.19. The number of hydrogen-bond donors (Lipinski definition) is 2. The van der Waals surface area contributed by atoms with E-state index in [2.05, 4.69) is 21.2 Å². The van der Waals surface area contributed by atoms with Crippen LogP contribution in [-0.2, 0) is 0 Å². The molecule has 1 aromatic rings. The van der Waals surface area contributed by atoms with E-state index in [1.807, 2.05) is 0 Å². The van der Waals surface area contributed by atoms with E-state index in [4.69, 9.17) is 5.11 Å². The fourth-order valence-corrected chi connectivity index (χ4v) is 1.92. The predicted octanol–water partition coefficient (Wildman–Crippen LogP) is 2.48. The van der Waals surface area contributed by atoms with Crippen LogP contribution in [0.5, 0.6) is 0 Å². The molecule has 17 heavy (non-hydrogen) atoms. The molecule has 0 spiro atoms. The van der Waals surface area contributed by atoms with Crippen molar-refractivity contribution in [3.05, 3.63) is 34.1 Å². The average Bonchev–Trinajstić information content (AvgIpc) is 2.24. The van der Waals surface area contributed by atoms with Crippen LogP contribution < -0.4 is 5.32 Å². The Labute approximate surface area is 108 Å². The monoisotopic (exact) mass is 303 g/mol. The van der Waals surface area contributed by atoms with E-state index in [9.17, 15) is 9.18 Å². The Morgan fingerprint density at radius 2 is 2.29 bits per heavy atom. The maximum Gasteiger partial charge on any atom is 0.255 e. The molecule has 2 N–H and O–H groups in total. The van der Waals surface area contributed by atoms with E-state index in [1.54, 1.807) is 13.0 Å². The third kappa shape index (κ3) is 4.44. The number of benzene rings is 1. The van der Waals surface area contributed by atoms with Crippen molar-refractivity contribution in [2.45, 2.75) is 25.9 Å². The zero-order chi connectivity index (χ0) is 12.8. The minimum absolute atomic E-state index is 0.0181. The van der Waals surface area contributed by atoms with Gasteiger partial charge < -0.3 is 10.4 Å². The minimum Gasteiger partial charge on any atom is -0.393 e. The van der Waals surface area contributed by atoms with Gasteiger partial charge in [0, 0.05) is 11.0 Å². The number of aliphatic hydroxyl groups is 1. The quantitative estimate of drug-likeness (QED) is 0.821. The molecule has 1 amide bonds. The summed E-state index contributed by atoms with van der Waals surface area (Å²) in [6, 6.07) is 4.40. The van der Waals surface area contributed by atoms with Crippen molar-refractivity contribution in [1.82, 2.24) is 5.32 Å². The molecule has 1 atom stereocenters. The fraction of sp³-hybridized carbons (Fsp3) is 0.417. The molecule has 5 heteroatoms. The van der Waals surface area contributed by atoms with Crippen molar-refractivity contribution in [3.63, 3.8) is 0 Å². The summed E-state index contributed by atoms with van der Waals surface area (Å²) in [6.07, 6.45) is 0.890. The molecule has 0 aliphatic rings. The van der Waals surface area contributed by atoms with Gasteiger partial charge in [-0.25, -0.2) is 4.39 Å². The van der Waals surface area contributed by atoms with Gasteiger partial charge in [0.15, 0.2) is 0 Å². The van der Waals surface area contributed by atoms with Gasteiger partial charge in [-0.2, -0.15) is 0 Å². The second-order valence-corrected chi connectivity index (χ2v) is 4.70. The summed E-state index contributed by atoms with van der Waals surface area (Å²) in [5.41, 5.74) is 0.0181. The molecule has 0 saturated heterocycles. The van der Waals surface area contributed by atoms with Crippen LogP contribution in [0.4, 0.5) is 4.39 Å². The van der Waals surface area contributed by atoms with E-state index in [-0.39, 0.29) is 11.7 Å². The van der Waals surface area contributed by atoms with Crippen LogP contribution in [0.25, 0.3) is 0 Å². The summed E-state index contributed by atoms with van der Waals surface area (Å²) in [5.74, 6) is -0.993. The van der Waals surface area contributed by atoms with Gasteiger partial charge in [0.1, 0.15) is 5.82 Å². The molecular formula is C12H15BrFNO2. The van der Waals surface area contributed by atoms with Gasteiger partial charge >= 0.3 is 0 Å². The smallest absolute Gasteiger partial charge is 0.255 e. The Balaban J connectivity index is 2.53. The normalized spacial score (nSPS) is 12.2. The van der Waals surface area contributed by atoms with E-state index in [1.165, 1.54) is 12.1 Å². The zero-order valence-corrected chi connectivity index (χ0v) is 11.1. The lowest BCUT2D eigenvalue weighted by Gasteiger charge is -2.08. The van der Waals surface area contributed by atoms with Gasteiger partial charge in [0.05, 0.1) is 11.7 Å². The molecular weight excluding hydrogens is 289 g/mol. The van der Waals surface area contributed by atoms with Gasteiger partial charge in [-0.3, -0.25) is 4.79 Å². The maximum absolute atomic E-state index is 13.4. The number of carbonyl (C=O) groups is 1. The maximum atomic E-state index is 13.4. The minimum atomic E-state index is -0.549. The van der Waals surface area contributed by atoms with Gasteiger partial charge in [0.2, 0.25) is 0 Å². The summed E-state index contributed by atoms with van der Waals surface area (Å²) in [5, 5.41) is 11.7.